The Kier molecular flexibility index (Phi) is 8.10. The van der Waals surface area contributed by atoms with Crippen LogP contribution in [0, 0.1) is 0 Å². The van der Waals surface area contributed by atoms with Crippen molar-refractivity contribution in [2.45, 2.75) is 71.6 Å². The summed E-state index contributed by atoms with van der Waals surface area (Å²) in [4.78, 5) is 24.5. The van der Waals surface area contributed by atoms with Gasteiger partial charge in [-0.3, -0.25) is 4.79 Å². The van der Waals surface area contributed by atoms with Gasteiger partial charge in [-0.1, -0.05) is 37.3 Å². The standard InChI is InChI=1S/C20H31NO4/c1-6-20(5,21-18(23)25-19(2,3)4)17(22)13-10-14-24-15-16-11-8-7-9-12-16/h7-9,11-12H,6,10,13-15H2,1-5H3,(H,21,23). The summed E-state index contributed by atoms with van der Waals surface area (Å²) >= 11 is 0. The van der Waals surface area contributed by atoms with E-state index in [9.17, 15) is 9.59 Å². The Morgan fingerprint density at radius 3 is 2.28 bits per heavy atom. The van der Waals surface area contributed by atoms with Gasteiger partial charge < -0.3 is 14.8 Å². The van der Waals surface area contributed by atoms with Crippen LogP contribution in [-0.4, -0.2) is 29.6 Å². The minimum absolute atomic E-state index is 0.0100. The third-order valence-electron chi connectivity index (χ3n) is 3.90. The molecule has 0 fully saturated rings. The van der Waals surface area contributed by atoms with Gasteiger partial charge in [0, 0.05) is 13.0 Å². The molecule has 0 radical (unpaired) electrons. The van der Waals surface area contributed by atoms with Gasteiger partial charge in [0.15, 0.2) is 5.78 Å². The van der Waals surface area contributed by atoms with Gasteiger partial charge in [-0.2, -0.15) is 0 Å². The predicted molar refractivity (Wildman–Crippen MR) is 98.4 cm³/mol. The fourth-order valence-electron chi connectivity index (χ4n) is 2.26. The number of ether oxygens (including phenoxy) is 2. The molecule has 0 aromatic heterocycles. The summed E-state index contributed by atoms with van der Waals surface area (Å²) in [5.41, 5.74) is -0.395. The van der Waals surface area contributed by atoms with Crippen LogP contribution in [0.5, 0.6) is 0 Å². The molecule has 1 aromatic rings. The van der Waals surface area contributed by atoms with Gasteiger partial charge in [-0.15, -0.1) is 0 Å². The van der Waals surface area contributed by atoms with E-state index in [0.29, 0.717) is 32.5 Å². The maximum atomic E-state index is 12.5. The molecule has 25 heavy (non-hydrogen) atoms. The Bertz CT molecular complexity index is 551. The van der Waals surface area contributed by atoms with E-state index in [1.54, 1.807) is 27.7 Å². The molecule has 0 aliphatic heterocycles. The second kappa shape index (κ2) is 9.56. The largest absolute Gasteiger partial charge is 0.444 e. The second-order valence-corrected chi connectivity index (χ2v) is 7.38. The Balaban J connectivity index is 2.38. The summed E-state index contributed by atoms with van der Waals surface area (Å²) < 4.78 is 10.8. The molecule has 1 unspecified atom stereocenters. The molecule has 1 atom stereocenters. The van der Waals surface area contributed by atoms with Crippen molar-refractivity contribution < 1.29 is 19.1 Å². The van der Waals surface area contributed by atoms with Crippen molar-refractivity contribution in [3.63, 3.8) is 0 Å². The number of alkyl carbamates (subject to hydrolysis) is 1. The minimum Gasteiger partial charge on any atom is -0.444 e. The van der Waals surface area contributed by atoms with Crippen LogP contribution >= 0.6 is 0 Å². The van der Waals surface area contributed by atoms with E-state index in [2.05, 4.69) is 5.32 Å². The van der Waals surface area contributed by atoms with Crippen molar-refractivity contribution in [1.82, 2.24) is 5.32 Å². The van der Waals surface area contributed by atoms with Crippen molar-refractivity contribution in [2.75, 3.05) is 6.61 Å². The number of Topliss-reactive ketones (excluding diaryl/α,β-unsaturated/α-hetero) is 1. The van der Waals surface area contributed by atoms with Crippen LogP contribution in [0.1, 0.15) is 59.4 Å². The van der Waals surface area contributed by atoms with E-state index in [-0.39, 0.29) is 5.78 Å². The molecule has 1 rings (SSSR count). The molecule has 0 spiro atoms. The first kappa shape index (κ1) is 21.2. The molecule has 0 aliphatic carbocycles. The van der Waals surface area contributed by atoms with E-state index >= 15 is 0 Å². The van der Waals surface area contributed by atoms with Crippen molar-refractivity contribution in [2.24, 2.45) is 0 Å². The Morgan fingerprint density at radius 2 is 1.72 bits per heavy atom. The van der Waals surface area contributed by atoms with Crippen LogP contribution in [0.2, 0.25) is 0 Å². The molecule has 1 aromatic carbocycles. The zero-order valence-electron chi connectivity index (χ0n) is 16.1. The van der Waals surface area contributed by atoms with E-state index in [1.807, 2.05) is 37.3 Å². The Labute approximate surface area is 151 Å². The Morgan fingerprint density at radius 1 is 1.08 bits per heavy atom. The molecule has 1 amide bonds. The van der Waals surface area contributed by atoms with Crippen LogP contribution in [0.15, 0.2) is 30.3 Å². The van der Waals surface area contributed by atoms with Crippen LogP contribution in [-0.2, 0) is 20.9 Å². The number of benzene rings is 1. The number of ketones is 1. The summed E-state index contributed by atoms with van der Waals surface area (Å²) in [6.45, 7) is 10.0. The third kappa shape index (κ3) is 8.16. The lowest BCUT2D eigenvalue weighted by Crippen LogP contribution is -2.53. The number of hydrogen-bond donors (Lipinski definition) is 1. The molecular weight excluding hydrogens is 318 g/mol. The van der Waals surface area contributed by atoms with Crippen molar-refractivity contribution in [3.8, 4) is 0 Å². The summed E-state index contributed by atoms with van der Waals surface area (Å²) in [6, 6.07) is 9.91. The summed E-state index contributed by atoms with van der Waals surface area (Å²) in [7, 11) is 0. The molecule has 0 heterocycles. The van der Waals surface area contributed by atoms with E-state index in [4.69, 9.17) is 9.47 Å². The minimum atomic E-state index is -0.915. The van der Waals surface area contributed by atoms with E-state index in [0.717, 1.165) is 5.56 Å². The third-order valence-corrected chi connectivity index (χ3v) is 3.90. The molecule has 140 valence electrons. The van der Waals surface area contributed by atoms with E-state index in [1.165, 1.54) is 0 Å². The number of amides is 1. The SMILES string of the molecule is CCC(C)(NC(=O)OC(C)(C)C)C(=O)CCCOCc1ccccc1. The summed E-state index contributed by atoms with van der Waals surface area (Å²) in [6.07, 6.45) is 0.924. The van der Waals surface area contributed by atoms with Gasteiger partial charge in [-0.05, 0) is 46.1 Å². The van der Waals surface area contributed by atoms with Gasteiger partial charge in [0.2, 0.25) is 0 Å². The molecular formula is C20H31NO4. The average molecular weight is 349 g/mol. The first-order valence-corrected chi connectivity index (χ1v) is 8.82. The highest BCUT2D eigenvalue weighted by Gasteiger charge is 2.33. The van der Waals surface area contributed by atoms with Gasteiger partial charge in [0.25, 0.3) is 0 Å². The first-order valence-electron chi connectivity index (χ1n) is 8.82. The van der Waals surface area contributed by atoms with Crippen LogP contribution in [0.25, 0.3) is 0 Å². The maximum absolute atomic E-state index is 12.5. The highest BCUT2D eigenvalue weighted by molar-refractivity contribution is 5.91. The lowest BCUT2D eigenvalue weighted by Gasteiger charge is -2.30. The molecule has 5 heteroatoms. The van der Waals surface area contributed by atoms with Crippen molar-refractivity contribution >= 4 is 11.9 Å². The van der Waals surface area contributed by atoms with Gasteiger partial charge >= 0.3 is 6.09 Å². The number of carbonyl (C=O) groups excluding carboxylic acids is 2. The van der Waals surface area contributed by atoms with Crippen molar-refractivity contribution in [3.05, 3.63) is 35.9 Å². The molecule has 0 saturated carbocycles. The molecule has 0 saturated heterocycles. The lowest BCUT2D eigenvalue weighted by atomic mass is 9.90. The van der Waals surface area contributed by atoms with Gasteiger partial charge in [0.1, 0.15) is 5.60 Å². The fourth-order valence-corrected chi connectivity index (χ4v) is 2.26. The van der Waals surface area contributed by atoms with E-state index < -0.39 is 17.2 Å². The zero-order valence-corrected chi connectivity index (χ0v) is 16.1. The quantitative estimate of drug-likeness (QED) is 0.677. The first-order chi connectivity index (χ1) is 11.7. The zero-order chi connectivity index (χ0) is 18.9. The second-order valence-electron chi connectivity index (χ2n) is 7.38. The normalized spacial score (nSPS) is 13.8. The number of hydrogen-bond acceptors (Lipinski definition) is 4. The van der Waals surface area contributed by atoms with Crippen LogP contribution in [0.3, 0.4) is 0 Å². The molecule has 0 aliphatic rings. The van der Waals surface area contributed by atoms with Gasteiger partial charge in [0.05, 0.1) is 12.1 Å². The number of nitrogens with one attached hydrogen (secondary N) is 1. The lowest BCUT2D eigenvalue weighted by molar-refractivity contribution is -0.125. The number of rotatable bonds is 9. The monoisotopic (exact) mass is 349 g/mol. The molecule has 5 nitrogen and oxygen atoms in total. The topological polar surface area (TPSA) is 64.6 Å². The van der Waals surface area contributed by atoms with Crippen LogP contribution in [0.4, 0.5) is 4.79 Å². The molecule has 1 N–H and O–H groups in total. The molecule has 0 bridgehead atoms. The van der Waals surface area contributed by atoms with Crippen molar-refractivity contribution in [1.29, 1.82) is 0 Å². The van der Waals surface area contributed by atoms with Crippen LogP contribution < -0.4 is 5.32 Å². The average Bonchev–Trinajstić information content (AvgIpc) is 2.53. The summed E-state index contributed by atoms with van der Waals surface area (Å²) in [5, 5.41) is 2.71. The number of carbonyl (C=O) groups is 2. The predicted octanol–water partition coefficient (Wildman–Crippen LogP) is 4.25. The van der Waals surface area contributed by atoms with Gasteiger partial charge in [-0.25, -0.2) is 4.79 Å². The fraction of sp³-hybridized carbons (Fsp3) is 0.600. The smallest absolute Gasteiger partial charge is 0.408 e. The highest BCUT2D eigenvalue weighted by atomic mass is 16.6. The highest BCUT2D eigenvalue weighted by Crippen LogP contribution is 2.16. The Hall–Kier alpha value is -1.88. The summed E-state index contributed by atoms with van der Waals surface area (Å²) in [5.74, 6) is -0.0100. The maximum Gasteiger partial charge on any atom is 0.408 e.